The Kier molecular flexibility index (Phi) is 3.14. The number of rotatable bonds is 2. The van der Waals surface area contributed by atoms with Gasteiger partial charge in [-0.1, -0.05) is 22.0 Å². The van der Waals surface area contributed by atoms with Crippen LogP contribution in [0, 0.1) is 0 Å². The maximum absolute atomic E-state index is 5.55. The van der Waals surface area contributed by atoms with Crippen LogP contribution in [0.5, 0.6) is 0 Å². The lowest BCUT2D eigenvalue weighted by Crippen LogP contribution is -2.29. The van der Waals surface area contributed by atoms with Crippen molar-refractivity contribution in [2.45, 2.75) is 18.6 Å². The third kappa shape index (κ3) is 1.96. The van der Waals surface area contributed by atoms with Crippen LogP contribution in [0.2, 0.25) is 0 Å². The van der Waals surface area contributed by atoms with Crippen molar-refractivity contribution in [1.29, 1.82) is 0 Å². The average Bonchev–Trinajstić information content (AvgIpc) is 2.55. The van der Waals surface area contributed by atoms with E-state index in [1.165, 1.54) is 11.1 Å². The lowest BCUT2D eigenvalue weighted by molar-refractivity contribution is 0.0436. The first-order valence-electron chi connectivity index (χ1n) is 5.11. The van der Waals surface area contributed by atoms with E-state index in [1.807, 2.05) is 0 Å². The minimum absolute atomic E-state index is 0.282. The molecule has 2 atom stereocenters. The van der Waals surface area contributed by atoms with E-state index in [0.29, 0.717) is 6.04 Å². The largest absolute Gasteiger partial charge is 0.379 e. The summed E-state index contributed by atoms with van der Waals surface area (Å²) in [5.41, 5.74) is 2.80. The van der Waals surface area contributed by atoms with Gasteiger partial charge in [-0.15, -0.1) is 0 Å². The van der Waals surface area contributed by atoms with Crippen molar-refractivity contribution in [2.75, 3.05) is 21.2 Å². The van der Waals surface area contributed by atoms with E-state index in [4.69, 9.17) is 4.74 Å². The molecule has 0 saturated carbocycles. The zero-order chi connectivity index (χ0) is 11.0. The van der Waals surface area contributed by atoms with Gasteiger partial charge in [0, 0.05) is 18.0 Å². The molecule has 0 fully saturated rings. The summed E-state index contributed by atoms with van der Waals surface area (Å²) in [4.78, 5) is 2.23. The van der Waals surface area contributed by atoms with Crippen molar-refractivity contribution < 1.29 is 4.74 Å². The number of hydrogen-bond acceptors (Lipinski definition) is 2. The Labute approximate surface area is 99.4 Å². The van der Waals surface area contributed by atoms with Gasteiger partial charge in [0.15, 0.2) is 0 Å². The lowest BCUT2D eigenvalue weighted by Gasteiger charge is -2.26. The molecule has 0 aromatic heterocycles. The second kappa shape index (κ2) is 4.24. The smallest absolute Gasteiger partial charge is 0.0808 e. The molecule has 0 N–H and O–H groups in total. The van der Waals surface area contributed by atoms with Crippen molar-refractivity contribution in [3.63, 3.8) is 0 Å². The number of likely N-dealkylation sites (N-methyl/N-ethyl adjacent to an activating group) is 1. The number of hydrogen-bond donors (Lipinski definition) is 0. The summed E-state index contributed by atoms with van der Waals surface area (Å²) in [6, 6.07) is 6.87. The van der Waals surface area contributed by atoms with Crippen LogP contribution in [0.15, 0.2) is 22.7 Å². The second-order valence-corrected chi connectivity index (χ2v) is 5.15. The fraction of sp³-hybridized carbons (Fsp3) is 0.500. The van der Waals surface area contributed by atoms with Crippen LogP contribution >= 0.6 is 15.9 Å². The van der Waals surface area contributed by atoms with E-state index in [0.717, 1.165) is 10.9 Å². The molecule has 1 aliphatic carbocycles. The lowest BCUT2D eigenvalue weighted by atomic mass is 10.1. The van der Waals surface area contributed by atoms with Gasteiger partial charge in [-0.3, -0.25) is 0 Å². The molecule has 15 heavy (non-hydrogen) atoms. The summed E-state index contributed by atoms with van der Waals surface area (Å²) in [7, 11) is 6.00. The Bertz CT molecular complexity index is 365. The first-order chi connectivity index (χ1) is 7.13. The summed E-state index contributed by atoms with van der Waals surface area (Å²) >= 11 is 3.52. The number of halogens is 1. The minimum atomic E-state index is 0.282. The first-order valence-corrected chi connectivity index (χ1v) is 5.90. The Morgan fingerprint density at radius 2 is 2.13 bits per heavy atom. The molecule has 0 saturated heterocycles. The molecule has 1 aromatic rings. The van der Waals surface area contributed by atoms with E-state index in [1.54, 1.807) is 7.11 Å². The maximum atomic E-state index is 5.55. The molecule has 0 radical (unpaired) electrons. The fourth-order valence-corrected chi connectivity index (χ4v) is 2.76. The van der Waals surface area contributed by atoms with Crippen LogP contribution < -0.4 is 0 Å². The third-order valence-corrected chi connectivity index (χ3v) is 3.55. The number of methoxy groups -OCH3 is 1. The molecule has 0 amide bonds. The summed E-state index contributed by atoms with van der Waals surface area (Å²) < 4.78 is 6.69. The summed E-state index contributed by atoms with van der Waals surface area (Å²) in [5, 5.41) is 0. The Balaban J connectivity index is 2.41. The molecule has 1 aromatic carbocycles. The predicted molar refractivity (Wildman–Crippen MR) is 65.1 cm³/mol. The first kappa shape index (κ1) is 11.1. The molecule has 3 heteroatoms. The van der Waals surface area contributed by atoms with Crippen LogP contribution in [0.25, 0.3) is 0 Å². The SMILES string of the molecule is COC1Cc2ccc(Br)cc2C1N(C)C. The van der Waals surface area contributed by atoms with Crippen molar-refractivity contribution in [2.24, 2.45) is 0 Å². The zero-order valence-electron chi connectivity index (χ0n) is 9.33. The average molecular weight is 270 g/mol. The van der Waals surface area contributed by atoms with Gasteiger partial charge in [-0.25, -0.2) is 0 Å². The standard InChI is InChI=1S/C12H16BrNO/c1-14(2)12-10-7-9(13)5-4-8(10)6-11(12)15-3/h4-5,7,11-12H,6H2,1-3H3. The molecule has 0 spiro atoms. The van der Waals surface area contributed by atoms with Crippen molar-refractivity contribution in [3.05, 3.63) is 33.8 Å². The van der Waals surface area contributed by atoms with E-state index in [9.17, 15) is 0 Å². The third-order valence-electron chi connectivity index (χ3n) is 3.06. The number of nitrogens with zero attached hydrogens (tertiary/aromatic N) is 1. The van der Waals surface area contributed by atoms with Gasteiger partial charge >= 0.3 is 0 Å². The molecule has 2 nitrogen and oxygen atoms in total. The van der Waals surface area contributed by atoms with E-state index in [-0.39, 0.29) is 6.10 Å². The summed E-state index contributed by atoms with van der Waals surface area (Å²) in [5.74, 6) is 0. The Morgan fingerprint density at radius 3 is 2.73 bits per heavy atom. The van der Waals surface area contributed by atoms with Crippen LogP contribution in [-0.2, 0) is 11.2 Å². The normalized spacial score (nSPS) is 24.6. The quantitative estimate of drug-likeness (QED) is 0.819. The molecule has 82 valence electrons. The van der Waals surface area contributed by atoms with Crippen LogP contribution in [0.4, 0.5) is 0 Å². The summed E-state index contributed by atoms with van der Waals surface area (Å²) in [6.07, 6.45) is 1.30. The minimum Gasteiger partial charge on any atom is -0.379 e. The van der Waals surface area contributed by atoms with Gasteiger partial charge in [-0.2, -0.15) is 0 Å². The molecular weight excluding hydrogens is 254 g/mol. The number of ether oxygens (including phenoxy) is 1. The van der Waals surface area contributed by atoms with Crippen molar-refractivity contribution in [1.82, 2.24) is 4.90 Å². The fourth-order valence-electron chi connectivity index (χ4n) is 2.38. The topological polar surface area (TPSA) is 12.5 Å². The molecule has 2 unspecified atom stereocenters. The molecular formula is C12H16BrNO. The van der Waals surface area contributed by atoms with Crippen molar-refractivity contribution in [3.8, 4) is 0 Å². The Morgan fingerprint density at radius 1 is 1.40 bits per heavy atom. The van der Waals surface area contributed by atoms with Gasteiger partial charge < -0.3 is 9.64 Å². The van der Waals surface area contributed by atoms with Gasteiger partial charge in [-0.05, 0) is 37.4 Å². The van der Waals surface area contributed by atoms with Crippen molar-refractivity contribution >= 4 is 15.9 Å². The van der Waals surface area contributed by atoms with Crippen LogP contribution in [0.1, 0.15) is 17.2 Å². The highest BCUT2D eigenvalue weighted by Crippen LogP contribution is 2.37. The number of benzene rings is 1. The molecule has 0 heterocycles. The van der Waals surface area contributed by atoms with Gasteiger partial charge in [0.05, 0.1) is 12.1 Å². The highest BCUT2D eigenvalue weighted by atomic mass is 79.9. The Hall–Kier alpha value is -0.380. The summed E-state index contributed by atoms with van der Waals surface area (Å²) in [6.45, 7) is 0. The highest BCUT2D eigenvalue weighted by Gasteiger charge is 2.33. The molecule has 1 aliphatic rings. The molecule has 0 aliphatic heterocycles. The van der Waals surface area contributed by atoms with Gasteiger partial charge in [0.25, 0.3) is 0 Å². The number of fused-ring (bicyclic) bond motifs is 1. The monoisotopic (exact) mass is 269 g/mol. The zero-order valence-corrected chi connectivity index (χ0v) is 10.9. The van der Waals surface area contributed by atoms with E-state index in [2.05, 4.69) is 53.1 Å². The van der Waals surface area contributed by atoms with Gasteiger partial charge in [0.2, 0.25) is 0 Å². The van der Waals surface area contributed by atoms with E-state index >= 15 is 0 Å². The van der Waals surface area contributed by atoms with Crippen LogP contribution in [0.3, 0.4) is 0 Å². The molecule has 0 bridgehead atoms. The van der Waals surface area contributed by atoms with E-state index < -0.39 is 0 Å². The van der Waals surface area contributed by atoms with Gasteiger partial charge in [0.1, 0.15) is 0 Å². The van der Waals surface area contributed by atoms with Crippen LogP contribution in [-0.4, -0.2) is 32.2 Å². The second-order valence-electron chi connectivity index (χ2n) is 4.23. The predicted octanol–water partition coefficient (Wildman–Crippen LogP) is 2.62. The highest BCUT2D eigenvalue weighted by molar-refractivity contribution is 9.10. The molecule has 2 rings (SSSR count). The maximum Gasteiger partial charge on any atom is 0.0808 e.